The minimum Gasteiger partial charge on any atom is -0.332 e. The van der Waals surface area contributed by atoms with Gasteiger partial charge in [-0.1, -0.05) is 25.5 Å². The van der Waals surface area contributed by atoms with Crippen molar-refractivity contribution in [1.82, 2.24) is 10.3 Å². The lowest BCUT2D eigenvalue weighted by molar-refractivity contribution is 0.0977. The molecule has 22 heavy (non-hydrogen) atoms. The first-order chi connectivity index (χ1) is 10.7. The summed E-state index contributed by atoms with van der Waals surface area (Å²) >= 11 is 5.15. The van der Waals surface area contributed by atoms with Gasteiger partial charge in [-0.05, 0) is 54.9 Å². The van der Waals surface area contributed by atoms with E-state index in [4.69, 9.17) is 12.2 Å². The fourth-order valence-corrected chi connectivity index (χ4v) is 2.18. The standard InChI is InChI=1S/C17H19N3OS/c1-2-3-5-13-7-9-15(10-8-13)19-17(22)20-16(21)14-6-4-11-18-12-14/h4,6-12H,2-3,5H2,1H3,(H2,19,20,21,22). The normalized spacial score (nSPS) is 10.0. The molecular formula is C17H19N3OS. The number of pyridine rings is 1. The average Bonchev–Trinajstić information content (AvgIpc) is 2.55. The Kier molecular flexibility index (Phi) is 6.03. The number of hydrogen-bond donors (Lipinski definition) is 2. The van der Waals surface area contributed by atoms with Crippen LogP contribution < -0.4 is 10.6 Å². The second kappa shape index (κ2) is 8.24. The molecule has 0 fully saturated rings. The number of unbranched alkanes of at least 4 members (excludes halogenated alkanes) is 1. The molecule has 0 spiro atoms. The Morgan fingerprint density at radius 2 is 2.00 bits per heavy atom. The summed E-state index contributed by atoms with van der Waals surface area (Å²) in [5, 5.41) is 5.91. The molecule has 2 aromatic rings. The Balaban J connectivity index is 1.88. The molecule has 2 rings (SSSR count). The molecule has 0 unspecified atom stereocenters. The predicted molar refractivity (Wildman–Crippen MR) is 93.0 cm³/mol. The summed E-state index contributed by atoms with van der Waals surface area (Å²) in [5.41, 5.74) is 2.64. The molecule has 0 radical (unpaired) electrons. The second-order valence-corrected chi connectivity index (χ2v) is 5.36. The largest absolute Gasteiger partial charge is 0.332 e. The van der Waals surface area contributed by atoms with Crippen LogP contribution in [-0.2, 0) is 6.42 Å². The van der Waals surface area contributed by atoms with E-state index in [0.29, 0.717) is 5.56 Å². The number of carbonyl (C=O) groups is 1. The minimum absolute atomic E-state index is 0.273. The second-order valence-electron chi connectivity index (χ2n) is 4.95. The molecule has 4 nitrogen and oxygen atoms in total. The number of aromatic nitrogens is 1. The van der Waals surface area contributed by atoms with Crippen molar-refractivity contribution < 1.29 is 4.79 Å². The number of hydrogen-bond acceptors (Lipinski definition) is 3. The van der Waals surface area contributed by atoms with Crippen molar-refractivity contribution in [2.75, 3.05) is 5.32 Å². The summed E-state index contributed by atoms with van der Waals surface area (Å²) in [6.45, 7) is 2.18. The molecule has 1 aromatic heterocycles. The van der Waals surface area contributed by atoms with Crippen molar-refractivity contribution in [3.05, 3.63) is 59.9 Å². The van der Waals surface area contributed by atoms with Gasteiger partial charge in [0.1, 0.15) is 0 Å². The van der Waals surface area contributed by atoms with Gasteiger partial charge in [-0.3, -0.25) is 15.1 Å². The highest BCUT2D eigenvalue weighted by atomic mass is 32.1. The van der Waals surface area contributed by atoms with Gasteiger partial charge in [0.2, 0.25) is 0 Å². The van der Waals surface area contributed by atoms with Crippen LogP contribution in [0.4, 0.5) is 5.69 Å². The first-order valence-corrected chi connectivity index (χ1v) is 7.71. The van der Waals surface area contributed by atoms with Crippen LogP contribution in [0.15, 0.2) is 48.8 Å². The van der Waals surface area contributed by atoms with E-state index in [9.17, 15) is 4.79 Å². The van der Waals surface area contributed by atoms with Crippen LogP contribution in [0.1, 0.15) is 35.7 Å². The fourth-order valence-electron chi connectivity index (χ4n) is 1.97. The number of anilines is 1. The third-order valence-corrected chi connectivity index (χ3v) is 3.39. The molecule has 1 amide bonds. The van der Waals surface area contributed by atoms with Gasteiger partial charge < -0.3 is 5.32 Å². The molecule has 0 bridgehead atoms. The quantitative estimate of drug-likeness (QED) is 0.829. The van der Waals surface area contributed by atoms with Crippen molar-refractivity contribution in [2.24, 2.45) is 0 Å². The van der Waals surface area contributed by atoms with Gasteiger partial charge in [0.25, 0.3) is 5.91 Å². The lowest BCUT2D eigenvalue weighted by Crippen LogP contribution is -2.34. The molecule has 1 heterocycles. The summed E-state index contributed by atoms with van der Waals surface area (Å²) in [7, 11) is 0. The zero-order valence-corrected chi connectivity index (χ0v) is 13.3. The van der Waals surface area contributed by atoms with Crippen LogP contribution in [0.25, 0.3) is 0 Å². The van der Waals surface area contributed by atoms with Gasteiger partial charge in [-0.15, -0.1) is 0 Å². The van der Waals surface area contributed by atoms with Gasteiger partial charge in [0.05, 0.1) is 5.56 Å². The molecule has 0 aliphatic carbocycles. The molecule has 2 N–H and O–H groups in total. The van der Waals surface area contributed by atoms with Crippen LogP contribution in [-0.4, -0.2) is 16.0 Å². The Bertz CT molecular complexity index is 626. The van der Waals surface area contributed by atoms with E-state index in [-0.39, 0.29) is 11.0 Å². The average molecular weight is 313 g/mol. The maximum absolute atomic E-state index is 11.9. The molecule has 0 aliphatic heterocycles. The van der Waals surface area contributed by atoms with E-state index in [2.05, 4.69) is 34.7 Å². The lowest BCUT2D eigenvalue weighted by Gasteiger charge is -2.10. The zero-order valence-electron chi connectivity index (χ0n) is 12.5. The number of benzene rings is 1. The minimum atomic E-state index is -0.273. The highest BCUT2D eigenvalue weighted by Gasteiger charge is 2.07. The zero-order chi connectivity index (χ0) is 15.8. The topological polar surface area (TPSA) is 54.0 Å². The molecule has 0 atom stereocenters. The van der Waals surface area contributed by atoms with E-state index < -0.39 is 0 Å². The Labute approximate surface area is 136 Å². The molecular weight excluding hydrogens is 294 g/mol. The third kappa shape index (κ3) is 4.93. The maximum Gasteiger partial charge on any atom is 0.258 e. The van der Waals surface area contributed by atoms with Crippen LogP contribution >= 0.6 is 12.2 Å². The summed E-state index contributed by atoms with van der Waals surface area (Å²) in [6.07, 6.45) is 6.57. The number of nitrogens with zero attached hydrogens (tertiary/aromatic N) is 1. The first-order valence-electron chi connectivity index (χ1n) is 7.30. The third-order valence-electron chi connectivity index (χ3n) is 3.18. The van der Waals surface area contributed by atoms with Crippen molar-refractivity contribution in [3.8, 4) is 0 Å². The lowest BCUT2D eigenvalue weighted by atomic mass is 10.1. The number of nitrogens with one attached hydrogen (secondary N) is 2. The number of aryl methyl sites for hydroxylation is 1. The number of rotatable bonds is 5. The van der Waals surface area contributed by atoms with Crippen LogP contribution in [0, 0.1) is 0 Å². The highest BCUT2D eigenvalue weighted by Crippen LogP contribution is 2.11. The number of carbonyl (C=O) groups excluding carboxylic acids is 1. The Morgan fingerprint density at radius 1 is 1.23 bits per heavy atom. The van der Waals surface area contributed by atoms with Crippen molar-refractivity contribution >= 4 is 28.9 Å². The Hall–Kier alpha value is -2.27. The first kappa shape index (κ1) is 16.1. The molecule has 1 aromatic carbocycles. The molecule has 0 saturated heterocycles. The van der Waals surface area contributed by atoms with Crippen LogP contribution in [0.2, 0.25) is 0 Å². The van der Waals surface area contributed by atoms with Crippen LogP contribution in [0.3, 0.4) is 0 Å². The van der Waals surface area contributed by atoms with Gasteiger partial charge in [-0.2, -0.15) is 0 Å². The predicted octanol–water partition coefficient (Wildman–Crippen LogP) is 3.55. The summed E-state index contributed by atoms with van der Waals surface area (Å²) in [5.74, 6) is -0.273. The molecule has 114 valence electrons. The van der Waals surface area contributed by atoms with Gasteiger partial charge in [0, 0.05) is 18.1 Å². The van der Waals surface area contributed by atoms with E-state index >= 15 is 0 Å². The van der Waals surface area contributed by atoms with Gasteiger partial charge in [0.15, 0.2) is 5.11 Å². The van der Waals surface area contributed by atoms with Gasteiger partial charge >= 0.3 is 0 Å². The number of thiocarbonyl (C=S) groups is 1. The van der Waals surface area contributed by atoms with Crippen molar-refractivity contribution in [1.29, 1.82) is 0 Å². The van der Waals surface area contributed by atoms with E-state index in [1.54, 1.807) is 18.3 Å². The summed E-state index contributed by atoms with van der Waals surface area (Å²) in [6, 6.07) is 11.5. The smallest absolute Gasteiger partial charge is 0.258 e. The highest BCUT2D eigenvalue weighted by molar-refractivity contribution is 7.80. The maximum atomic E-state index is 11.9. The van der Waals surface area contributed by atoms with E-state index in [1.165, 1.54) is 24.6 Å². The van der Waals surface area contributed by atoms with Crippen molar-refractivity contribution in [3.63, 3.8) is 0 Å². The summed E-state index contributed by atoms with van der Waals surface area (Å²) < 4.78 is 0. The molecule has 0 saturated carbocycles. The fraction of sp³-hybridized carbons (Fsp3) is 0.235. The van der Waals surface area contributed by atoms with E-state index in [0.717, 1.165) is 12.1 Å². The van der Waals surface area contributed by atoms with E-state index in [1.807, 2.05) is 12.1 Å². The summed E-state index contributed by atoms with van der Waals surface area (Å²) in [4.78, 5) is 15.8. The van der Waals surface area contributed by atoms with Crippen LogP contribution in [0.5, 0.6) is 0 Å². The SMILES string of the molecule is CCCCc1ccc(NC(=S)NC(=O)c2cccnc2)cc1. The molecule has 5 heteroatoms. The van der Waals surface area contributed by atoms with Crippen molar-refractivity contribution in [2.45, 2.75) is 26.2 Å². The van der Waals surface area contributed by atoms with Gasteiger partial charge in [-0.25, -0.2) is 0 Å². The Morgan fingerprint density at radius 3 is 2.64 bits per heavy atom. The molecule has 0 aliphatic rings. The number of amides is 1. The monoisotopic (exact) mass is 313 g/mol.